The molecule has 0 spiro atoms. The van der Waals surface area contributed by atoms with Gasteiger partial charge in [-0.2, -0.15) is 15.3 Å². The average Bonchev–Trinajstić information content (AvgIpc) is 3.25. The molecule has 2 bridgehead atoms. The van der Waals surface area contributed by atoms with Crippen LogP contribution >= 0.6 is 0 Å². The molecule has 0 radical (unpaired) electrons. The van der Waals surface area contributed by atoms with Crippen LogP contribution in [0.1, 0.15) is 37.8 Å². The number of nitriles is 1. The van der Waals surface area contributed by atoms with Crippen molar-refractivity contribution in [1.29, 1.82) is 5.26 Å². The van der Waals surface area contributed by atoms with E-state index in [2.05, 4.69) is 36.8 Å². The number of aryl methyl sites for hydroxylation is 1. The van der Waals surface area contributed by atoms with Gasteiger partial charge in [0, 0.05) is 54.4 Å². The number of pyridine rings is 1. The molecule has 9 nitrogen and oxygen atoms in total. The Balaban J connectivity index is 1.37. The number of fused-ring (bicyclic) bond motifs is 3. The highest BCUT2D eigenvalue weighted by Crippen LogP contribution is 2.37. The lowest BCUT2D eigenvalue weighted by Gasteiger charge is -2.38. The van der Waals surface area contributed by atoms with Crippen molar-refractivity contribution >= 4 is 28.5 Å². The van der Waals surface area contributed by atoms with E-state index in [9.17, 15) is 0 Å². The molecule has 2 fully saturated rings. The van der Waals surface area contributed by atoms with Gasteiger partial charge < -0.3 is 10.6 Å². The molecule has 3 N–H and O–H groups in total. The summed E-state index contributed by atoms with van der Waals surface area (Å²) in [5.41, 5.74) is 1.77. The molecule has 2 saturated heterocycles. The van der Waals surface area contributed by atoms with Crippen LogP contribution in [0.4, 0.5) is 17.6 Å². The number of piperidine rings is 1. The van der Waals surface area contributed by atoms with Crippen LogP contribution in [-0.2, 0) is 0 Å². The number of nitrogens with one attached hydrogen (secondary N) is 3. The number of anilines is 3. The quantitative estimate of drug-likeness (QED) is 0.574. The van der Waals surface area contributed by atoms with E-state index in [1.165, 1.54) is 12.8 Å². The Morgan fingerprint density at radius 3 is 2.83 bits per heavy atom. The summed E-state index contributed by atoms with van der Waals surface area (Å²) in [5.74, 6) is 2.05. The van der Waals surface area contributed by atoms with Crippen LogP contribution in [0.25, 0.3) is 10.9 Å². The van der Waals surface area contributed by atoms with Crippen molar-refractivity contribution in [1.82, 2.24) is 30.0 Å². The lowest BCUT2D eigenvalue weighted by atomic mass is 9.97. The molecule has 9 heteroatoms. The van der Waals surface area contributed by atoms with Crippen LogP contribution in [0, 0.1) is 18.3 Å². The molecule has 0 aromatic carbocycles. The van der Waals surface area contributed by atoms with E-state index in [1.807, 2.05) is 19.1 Å². The van der Waals surface area contributed by atoms with Crippen molar-refractivity contribution in [2.45, 2.75) is 57.2 Å². The summed E-state index contributed by atoms with van der Waals surface area (Å²) in [7, 11) is 0. The van der Waals surface area contributed by atoms with Gasteiger partial charge in [-0.1, -0.05) is 0 Å². The monoisotopic (exact) mass is 403 g/mol. The van der Waals surface area contributed by atoms with Crippen LogP contribution in [0.2, 0.25) is 0 Å². The van der Waals surface area contributed by atoms with Gasteiger partial charge in [0.15, 0.2) is 5.82 Å². The SMILES string of the molecule is Cc1cc(Nc2nc(NC3CC4CC[C@@H](C3)N4CCC#N)nc3cnccc23)n[nH]1. The highest BCUT2D eigenvalue weighted by atomic mass is 15.3. The molecule has 5 heterocycles. The topological polar surface area (TPSA) is 118 Å². The molecule has 154 valence electrons. The minimum Gasteiger partial charge on any atom is -0.351 e. The summed E-state index contributed by atoms with van der Waals surface area (Å²) >= 11 is 0. The molecular formula is C21H25N9. The van der Waals surface area contributed by atoms with Gasteiger partial charge in [0.25, 0.3) is 0 Å². The van der Waals surface area contributed by atoms with Crippen molar-refractivity contribution < 1.29 is 0 Å². The Bertz CT molecular complexity index is 1070. The van der Waals surface area contributed by atoms with Gasteiger partial charge in [0.05, 0.1) is 17.8 Å². The number of aromatic amines is 1. The second-order valence-electron chi connectivity index (χ2n) is 8.19. The summed E-state index contributed by atoms with van der Waals surface area (Å²) in [5, 5.41) is 23.9. The van der Waals surface area contributed by atoms with Crippen LogP contribution in [0.3, 0.4) is 0 Å². The van der Waals surface area contributed by atoms with Gasteiger partial charge in [-0.25, -0.2) is 4.98 Å². The van der Waals surface area contributed by atoms with E-state index < -0.39 is 0 Å². The first-order chi connectivity index (χ1) is 14.7. The number of H-pyrrole nitrogens is 1. The van der Waals surface area contributed by atoms with Crippen molar-refractivity contribution in [2.24, 2.45) is 0 Å². The predicted octanol–water partition coefficient (Wildman–Crippen LogP) is 3.12. The van der Waals surface area contributed by atoms with Crippen LogP contribution < -0.4 is 10.6 Å². The number of nitrogens with zero attached hydrogens (tertiary/aromatic N) is 6. The minimum atomic E-state index is 0.329. The molecule has 5 rings (SSSR count). The van der Waals surface area contributed by atoms with Crippen molar-refractivity contribution in [3.8, 4) is 6.07 Å². The molecule has 3 aromatic rings. The normalized spacial score (nSPS) is 23.4. The second-order valence-corrected chi connectivity index (χ2v) is 8.19. The molecule has 0 saturated carbocycles. The van der Waals surface area contributed by atoms with Crippen molar-refractivity contribution in [3.05, 3.63) is 30.2 Å². The molecule has 2 unspecified atom stereocenters. The Hall–Kier alpha value is -3.25. The van der Waals surface area contributed by atoms with E-state index in [0.717, 1.165) is 41.8 Å². The zero-order valence-electron chi connectivity index (χ0n) is 17.0. The Labute approximate surface area is 174 Å². The fourth-order valence-corrected chi connectivity index (χ4v) is 4.86. The van der Waals surface area contributed by atoms with E-state index in [0.29, 0.717) is 36.3 Å². The van der Waals surface area contributed by atoms with Gasteiger partial charge in [-0.3, -0.25) is 15.0 Å². The molecular weight excluding hydrogens is 378 g/mol. The second kappa shape index (κ2) is 7.88. The van der Waals surface area contributed by atoms with Crippen LogP contribution in [-0.4, -0.2) is 54.7 Å². The third kappa shape index (κ3) is 3.66. The number of hydrogen-bond acceptors (Lipinski definition) is 8. The van der Waals surface area contributed by atoms with Crippen molar-refractivity contribution in [3.63, 3.8) is 0 Å². The summed E-state index contributed by atoms with van der Waals surface area (Å²) in [6, 6.07) is 7.55. The fourth-order valence-electron chi connectivity index (χ4n) is 4.86. The lowest BCUT2D eigenvalue weighted by molar-refractivity contribution is 0.135. The summed E-state index contributed by atoms with van der Waals surface area (Å²) in [6.45, 7) is 2.85. The fraction of sp³-hybridized carbons (Fsp3) is 0.476. The molecule has 2 aliphatic rings. The molecule has 0 aliphatic carbocycles. The van der Waals surface area contributed by atoms with Gasteiger partial charge in [-0.05, 0) is 38.7 Å². The number of aromatic nitrogens is 5. The van der Waals surface area contributed by atoms with E-state index in [4.69, 9.17) is 15.2 Å². The summed E-state index contributed by atoms with van der Waals surface area (Å²) < 4.78 is 0. The highest BCUT2D eigenvalue weighted by molar-refractivity contribution is 5.90. The van der Waals surface area contributed by atoms with Gasteiger partial charge >= 0.3 is 0 Å². The lowest BCUT2D eigenvalue weighted by Crippen LogP contribution is -2.47. The number of rotatable bonds is 6. The smallest absolute Gasteiger partial charge is 0.225 e. The first-order valence-corrected chi connectivity index (χ1v) is 10.5. The molecule has 2 aliphatic heterocycles. The third-order valence-corrected chi connectivity index (χ3v) is 6.15. The maximum absolute atomic E-state index is 8.93. The van der Waals surface area contributed by atoms with Gasteiger partial charge in [0.1, 0.15) is 5.82 Å². The number of hydrogen-bond donors (Lipinski definition) is 3. The molecule has 3 atom stereocenters. The van der Waals surface area contributed by atoms with Crippen LogP contribution in [0.5, 0.6) is 0 Å². The maximum Gasteiger partial charge on any atom is 0.225 e. The van der Waals surface area contributed by atoms with E-state index >= 15 is 0 Å². The predicted molar refractivity (Wildman–Crippen MR) is 114 cm³/mol. The maximum atomic E-state index is 8.93. The Morgan fingerprint density at radius 2 is 2.10 bits per heavy atom. The minimum absolute atomic E-state index is 0.329. The highest BCUT2D eigenvalue weighted by Gasteiger charge is 2.40. The zero-order valence-corrected chi connectivity index (χ0v) is 17.0. The molecule has 3 aromatic heterocycles. The first kappa shape index (κ1) is 18.8. The standard InChI is InChI=1S/C21H25N9/c1-13-9-19(29-28-13)26-20-17-5-7-23-12-18(17)25-21(27-20)24-14-10-15-3-4-16(11-14)30(15)8-2-6-22/h5,7,9,12,14-16H,2-4,8,10-11H2,1H3,(H3,24,25,26,27,28,29)/t14?,15-,16?/m0/s1. The third-order valence-electron chi connectivity index (χ3n) is 6.15. The molecule has 0 amide bonds. The Morgan fingerprint density at radius 1 is 1.27 bits per heavy atom. The zero-order chi connectivity index (χ0) is 20.5. The van der Waals surface area contributed by atoms with E-state index in [-0.39, 0.29) is 0 Å². The van der Waals surface area contributed by atoms with Gasteiger partial charge in [-0.15, -0.1) is 0 Å². The molecule has 30 heavy (non-hydrogen) atoms. The first-order valence-electron chi connectivity index (χ1n) is 10.5. The Kier molecular flexibility index (Phi) is 4.93. The van der Waals surface area contributed by atoms with Gasteiger partial charge in [0.2, 0.25) is 5.95 Å². The largest absolute Gasteiger partial charge is 0.351 e. The summed E-state index contributed by atoms with van der Waals surface area (Å²) in [6.07, 6.45) is 8.64. The van der Waals surface area contributed by atoms with Crippen molar-refractivity contribution in [2.75, 3.05) is 17.2 Å². The summed E-state index contributed by atoms with van der Waals surface area (Å²) in [4.78, 5) is 16.2. The van der Waals surface area contributed by atoms with Crippen LogP contribution in [0.15, 0.2) is 24.5 Å². The van der Waals surface area contributed by atoms with E-state index in [1.54, 1.807) is 12.4 Å². The average molecular weight is 403 g/mol.